The van der Waals surface area contributed by atoms with Gasteiger partial charge >= 0.3 is 5.97 Å². The summed E-state index contributed by atoms with van der Waals surface area (Å²) in [4.78, 5) is 26.8. The molecule has 0 aliphatic carbocycles. The zero-order valence-electron chi connectivity index (χ0n) is 10.5. The van der Waals surface area contributed by atoms with Crippen LogP contribution in [0.2, 0.25) is 5.02 Å². The van der Waals surface area contributed by atoms with Crippen molar-refractivity contribution >= 4 is 39.4 Å². The first-order valence-corrected chi connectivity index (χ1v) is 6.35. The normalized spacial score (nSPS) is 11.1. The van der Waals surface area contributed by atoms with Gasteiger partial charge in [-0.15, -0.1) is 0 Å². The highest BCUT2D eigenvalue weighted by Gasteiger charge is 2.15. The topological polar surface area (TPSA) is 70.2 Å². The Morgan fingerprint density at radius 1 is 1.20 bits per heavy atom. The summed E-state index contributed by atoms with van der Waals surface area (Å²) < 4.78 is 0. The molecule has 1 aromatic heterocycles. The molecule has 0 atom stereocenters. The average molecular weight is 288 g/mol. The largest absolute Gasteiger partial charge is 0.478 e. The number of carboxylic acid groups (broad SMARTS) is 1. The standard InChI is InChI=1S/C15H10ClNO3/c1-7-5-6-10(16)11-12(7)17-13-8(14(11)18)3-2-4-9(13)15(19)20/h2-6H,1H3,(H,17,18)(H,19,20). The van der Waals surface area contributed by atoms with Gasteiger partial charge in [0.25, 0.3) is 0 Å². The SMILES string of the molecule is Cc1ccc(Cl)c2c(=O)c3cccc(C(=O)O)c3[nH]c12. The lowest BCUT2D eigenvalue weighted by molar-refractivity contribution is 0.0699. The maximum Gasteiger partial charge on any atom is 0.337 e. The second kappa shape index (κ2) is 4.35. The number of H-pyrrole nitrogens is 1. The van der Waals surface area contributed by atoms with Gasteiger partial charge in [0.05, 0.1) is 27.0 Å². The highest BCUT2D eigenvalue weighted by Crippen LogP contribution is 2.25. The molecule has 3 aromatic rings. The Kier molecular flexibility index (Phi) is 2.76. The molecule has 0 fully saturated rings. The lowest BCUT2D eigenvalue weighted by Crippen LogP contribution is -2.09. The fourth-order valence-corrected chi connectivity index (χ4v) is 2.62. The van der Waals surface area contributed by atoms with Crippen LogP contribution >= 0.6 is 11.6 Å². The summed E-state index contributed by atoms with van der Waals surface area (Å²) in [6, 6.07) is 8.07. The number of aromatic nitrogens is 1. The molecule has 0 radical (unpaired) electrons. The van der Waals surface area contributed by atoms with E-state index >= 15 is 0 Å². The Morgan fingerprint density at radius 2 is 1.95 bits per heavy atom. The first kappa shape index (κ1) is 12.7. The summed E-state index contributed by atoms with van der Waals surface area (Å²) in [7, 11) is 0. The third kappa shape index (κ3) is 1.69. The molecule has 5 heteroatoms. The predicted molar refractivity (Wildman–Crippen MR) is 78.8 cm³/mol. The van der Waals surface area contributed by atoms with Gasteiger partial charge in [-0.05, 0) is 30.7 Å². The van der Waals surface area contributed by atoms with Crippen molar-refractivity contribution in [2.24, 2.45) is 0 Å². The number of hydrogen-bond donors (Lipinski definition) is 2. The molecular formula is C15H10ClNO3. The Morgan fingerprint density at radius 3 is 2.65 bits per heavy atom. The van der Waals surface area contributed by atoms with Gasteiger partial charge in [0.2, 0.25) is 0 Å². The van der Waals surface area contributed by atoms with E-state index in [1.54, 1.807) is 24.3 Å². The van der Waals surface area contributed by atoms with Crippen molar-refractivity contribution in [2.45, 2.75) is 6.92 Å². The van der Waals surface area contributed by atoms with Crippen LogP contribution in [0.25, 0.3) is 21.8 Å². The molecule has 4 nitrogen and oxygen atoms in total. The van der Waals surface area contributed by atoms with Crippen LogP contribution < -0.4 is 5.43 Å². The summed E-state index contributed by atoms with van der Waals surface area (Å²) in [5.41, 5.74) is 1.54. The lowest BCUT2D eigenvalue weighted by atomic mass is 10.0. The van der Waals surface area contributed by atoms with Crippen LogP contribution in [0.1, 0.15) is 15.9 Å². The Hall–Kier alpha value is -2.33. The van der Waals surface area contributed by atoms with Crippen LogP contribution in [0.4, 0.5) is 0 Å². The van der Waals surface area contributed by atoms with Gasteiger partial charge in [-0.25, -0.2) is 4.79 Å². The predicted octanol–water partition coefficient (Wildman–Crippen LogP) is 3.34. The summed E-state index contributed by atoms with van der Waals surface area (Å²) in [5.74, 6) is -1.08. The van der Waals surface area contributed by atoms with Crippen molar-refractivity contribution in [1.82, 2.24) is 4.98 Å². The molecular weight excluding hydrogens is 278 g/mol. The van der Waals surface area contributed by atoms with Gasteiger partial charge in [-0.1, -0.05) is 23.7 Å². The van der Waals surface area contributed by atoms with Gasteiger partial charge in [0, 0.05) is 5.39 Å². The minimum Gasteiger partial charge on any atom is -0.478 e. The van der Waals surface area contributed by atoms with E-state index in [2.05, 4.69) is 4.98 Å². The molecule has 0 aliphatic rings. The molecule has 20 heavy (non-hydrogen) atoms. The van der Waals surface area contributed by atoms with E-state index in [0.29, 0.717) is 26.8 Å². The van der Waals surface area contributed by atoms with E-state index in [-0.39, 0.29) is 11.0 Å². The molecule has 100 valence electrons. The number of carboxylic acids is 1. The zero-order chi connectivity index (χ0) is 14.4. The van der Waals surface area contributed by atoms with Crippen molar-refractivity contribution < 1.29 is 9.90 Å². The quantitative estimate of drug-likeness (QED) is 0.674. The minimum absolute atomic E-state index is 0.0703. The third-order valence-electron chi connectivity index (χ3n) is 3.38. The second-order valence-electron chi connectivity index (χ2n) is 4.60. The molecule has 0 unspecified atom stereocenters. The van der Waals surface area contributed by atoms with Gasteiger partial charge in [-0.2, -0.15) is 0 Å². The van der Waals surface area contributed by atoms with Crippen molar-refractivity contribution in [2.75, 3.05) is 0 Å². The minimum atomic E-state index is -1.08. The van der Waals surface area contributed by atoms with E-state index < -0.39 is 5.97 Å². The number of pyridine rings is 1. The van der Waals surface area contributed by atoms with Crippen LogP contribution in [0.3, 0.4) is 0 Å². The monoisotopic (exact) mass is 287 g/mol. The number of halogens is 1. The van der Waals surface area contributed by atoms with Crippen LogP contribution in [0.5, 0.6) is 0 Å². The summed E-state index contributed by atoms with van der Waals surface area (Å²) in [5, 5.41) is 10.3. The Balaban J connectivity index is 2.65. The molecule has 0 spiro atoms. The zero-order valence-corrected chi connectivity index (χ0v) is 11.3. The van der Waals surface area contributed by atoms with Crippen molar-refractivity contribution in [3.05, 3.63) is 56.7 Å². The number of fused-ring (bicyclic) bond motifs is 2. The Labute approximate surface area is 118 Å². The smallest absolute Gasteiger partial charge is 0.337 e. The molecule has 0 bridgehead atoms. The molecule has 3 rings (SSSR count). The maximum atomic E-state index is 12.5. The summed E-state index contributed by atoms with van der Waals surface area (Å²) in [6.45, 7) is 1.84. The average Bonchev–Trinajstić information content (AvgIpc) is 2.42. The first-order valence-electron chi connectivity index (χ1n) is 5.98. The maximum absolute atomic E-state index is 12.5. The van der Waals surface area contributed by atoms with E-state index in [0.717, 1.165) is 5.56 Å². The van der Waals surface area contributed by atoms with E-state index in [9.17, 15) is 14.7 Å². The summed E-state index contributed by atoms with van der Waals surface area (Å²) in [6.07, 6.45) is 0. The molecule has 0 amide bonds. The Bertz CT molecular complexity index is 928. The number of aromatic carboxylic acids is 1. The van der Waals surface area contributed by atoms with E-state index in [1.165, 1.54) is 6.07 Å². The van der Waals surface area contributed by atoms with Crippen LogP contribution in [0.15, 0.2) is 35.1 Å². The van der Waals surface area contributed by atoms with E-state index in [1.807, 2.05) is 6.92 Å². The van der Waals surface area contributed by atoms with Crippen molar-refractivity contribution in [3.63, 3.8) is 0 Å². The number of aromatic amines is 1. The number of benzene rings is 2. The number of carbonyl (C=O) groups is 1. The molecule has 1 heterocycles. The van der Waals surface area contributed by atoms with Crippen molar-refractivity contribution in [3.8, 4) is 0 Å². The number of hydrogen-bond acceptors (Lipinski definition) is 2. The lowest BCUT2D eigenvalue weighted by Gasteiger charge is -2.08. The van der Waals surface area contributed by atoms with Gasteiger partial charge in [0.15, 0.2) is 5.43 Å². The van der Waals surface area contributed by atoms with Gasteiger partial charge in [0.1, 0.15) is 0 Å². The fourth-order valence-electron chi connectivity index (χ4n) is 2.38. The van der Waals surface area contributed by atoms with Gasteiger partial charge < -0.3 is 10.1 Å². The molecule has 0 saturated carbocycles. The number of aryl methyl sites for hydroxylation is 1. The first-order chi connectivity index (χ1) is 9.50. The molecule has 2 aromatic carbocycles. The third-order valence-corrected chi connectivity index (χ3v) is 3.69. The summed E-state index contributed by atoms with van der Waals surface area (Å²) >= 11 is 6.10. The molecule has 0 saturated heterocycles. The molecule has 0 aliphatic heterocycles. The van der Waals surface area contributed by atoms with E-state index in [4.69, 9.17) is 11.6 Å². The molecule has 2 N–H and O–H groups in total. The number of rotatable bonds is 1. The highest BCUT2D eigenvalue weighted by molar-refractivity contribution is 6.35. The van der Waals surface area contributed by atoms with Crippen LogP contribution in [0, 0.1) is 6.92 Å². The van der Waals surface area contributed by atoms with Crippen LogP contribution in [-0.2, 0) is 0 Å². The number of nitrogens with one attached hydrogen (secondary N) is 1. The second-order valence-corrected chi connectivity index (χ2v) is 5.01. The fraction of sp³-hybridized carbons (Fsp3) is 0.0667. The number of para-hydroxylation sites is 1. The van der Waals surface area contributed by atoms with Gasteiger partial charge in [-0.3, -0.25) is 4.79 Å². The van der Waals surface area contributed by atoms with Crippen LogP contribution in [-0.4, -0.2) is 16.1 Å². The van der Waals surface area contributed by atoms with Crippen molar-refractivity contribution in [1.29, 1.82) is 0 Å². The highest BCUT2D eigenvalue weighted by atomic mass is 35.5.